The van der Waals surface area contributed by atoms with Crippen LogP contribution < -0.4 is 15.4 Å². The molecule has 0 bridgehead atoms. The summed E-state index contributed by atoms with van der Waals surface area (Å²) >= 11 is 0. The number of rotatable bonds is 10. The molecule has 0 saturated carbocycles. The maximum atomic E-state index is 6.22. The van der Waals surface area contributed by atoms with Crippen LogP contribution in [0.2, 0.25) is 0 Å². The highest BCUT2D eigenvalue weighted by Crippen LogP contribution is 2.24. The van der Waals surface area contributed by atoms with E-state index >= 15 is 0 Å². The number of aromatic nitrogens is 2. The van der Waals surface area contributed by atoms with Crippen molar-refractivity contribution in [1.29, 1.82) is 0 Å². The molecule has 8 nitrogen and oxygen atoms in total. The van der Waals surface area contributed by atoms with Crippen molar-refractivity contribution in [3.63, 3.8) is 0 Å². The third kappa shape index (κ3) is 7.86. The number of guanidine groups is 1. The van der Waals surface area contributed by atoms with E-state index in [9.17, 15) is 0 Å². The Balaban J connectivity index is 0.00000385. The first-order valence-corrected chi connectivity index (χ1v) is 11.4. The van der Waals surface area contributed by atoms with Crippen LogP contribution in [0.5, 0.6) is 5.75 Å². The molecule has 9 heteroatoms. The van der Waals surface area contributed by atoms with Gasteiger partial charge in [0.2, 0.25) is 0 Å². The zero-order chi connectivity index (χ0) is 22.9. The van der Waals surface area contributed by atoms with E-state index in [0.29, 0.717) is 26.3 Å². The Morgan fingerprint density at radius 2 is 2.09 bits per heavy atom. The van der Waals surface area contributed by atoms with Gasteiger partial charge in [0.1, 0.15) is 11.9 Å². The molecule has 1 aliphatic heterocycles. The fraction of sp³-hybridized carbons (Fsp3) is 0.583. The fourth-order valence-corrected chi connectivity index (χ4v) is 3.75. The normalized spacial score (nSPS) is 15.9. The van der Waals surface area contributed by atoms with E-state index in [1.807, 2.05) is 11.6 Å². The van der Waals surface area contributed by atoms with Crippen LogP contribution in [0.1, 0.15) is 41.4 Å². The number of methoxy groups -OCH3 is 1. The smallest absolute Gasteiger partial charge is 0.191 e. The van der Waals surface area contributed by atoms with Gasteiger partial charge in [0.05, 0.1) is 38.6 Å². The van der Waals surface area contributed by atoms with Crippen molar-refractivity contribution in [1.82, 2.24) is 20.4 Å². The highest BCUT2D eigenvalue weighted by molar-refractivity contribution is 14.0. The lowest BCUT2D eigenvalue weighted by atomic mass is 10.1. The molecule has 0 aliphatic carbocycles. The number of halogens is 1. The standard InChI is InChI=1S/C24H37N5O3.HI/c1-6-25-24(27-15-22-18(3)28-29(19(22)4)10-12-30-5)26-14-20-8-7-17(2)13-23(20)32-21-9-11-31-16-21;/h7-8,13,21H,6,9-12,14-16H2,1-5H3,(H2,25,26,27);1H. The minimum absolute atomic E-state index is 0. The largest absolute Gasteiger partial charge is 0.488 e. The Morgan fingerprint density at radius 3 is 2.79 bits per heavy atom. The van der Waals surface area contributed by atoms with Crippen molar-refractivity contribution in [2.75, 3.05) is 33.5 Å². The first-order chi connectivity index (χ1) is 15.5. The van der Waals surface area contributed by atoms with Crippen molar-refractivity contribution in [2.45, 2.75) is 59.9 Å². The highest BCUT2D eigenvalue weighted by Gasteiger charge is 2.19. The van der Waals surface area contributed by atoms with E-state index in [2.05, 4.69) is 54.7 Å². The summed E-state index contributed by atoms with van der Waals surface area (Å²) in [6.07, 6.45) is 1.05. The minimum atomic E-state index is 0. The summed E-state index contributed by atoms with van der Waals surface area (Å²) in [5, 5.41) is 11.4. The van der Waals surface area contributed by atoms with Crippen LogP contribution >= 0.6 is 24.0 Å². The van der Waals surface area contributed by atoms with Crippen molar-refractivity contribution < 1.29 is 14.2 Å². The minimum Gasteiger partial charge on any atom is -0.488 e. The number of ether oxygens (including phenoxy) is 3. The number of aliphatic imine (C=N–C) groups is 1. The van der Waals surface area contributed by atoms with Gasteiger partial charge in [-0.15, -0.1) is 24.0 Å². The van der Waals surface area contributed by atoms with Crippen LogP contribution in [0.3, 0.4) is 0 Å². The third-order valence-corrected chi connectivity index (χ3v) is 5.63. The van der Waals surface area contributed by atoms with E-state index in [1.54, 1.807) is 7.11 Å². The monoisotopic (exact) mass is 571 g/mol. The zero-order valence-corrected chi connectivity index (χ0v) is 22.8. The van der Waals surface area contributed by atoms with Gasteiger partial charge >= 0.3 is 0 Å². The van der Waals surface area contributed by atoms with E-state index in [-0.39, 0.29) is 30.1 Å². The van der Waals surface area contributed by atoms with E-state index in [4.69, 9.17) is 19.2 Å². The molecule has 0 radical (unpaired) electrons. The first kappa shape index (κ1) is 27.4. The predicted molar refractivity (Wildman–Crippen MR) is 142 cm³/mol. The number of nitrogens with one attached hydrogen (secondary N) is 2. The molecule has 0 spiro atoms. The van der Waals surface area contributed by atoms with Crippen molar-refractivity contribution in [3.8, 4) is 5.75 Å². The van der Waals surface area contributed by atoms with Crippen molar-refractivity contribution >= 4 is 29.9 Å². The quantitative estimate of drug-likeness (QED) is 0.258. The molecule has 2 aromatic rings. The Hall–Kier alpha value is -1.85. The van der Waals surface area contributed by atoms with Gasteiger partial charge in [-0.05, 0) is 39.3 Å². The molecule has 1 aliphatic rings. The molecular formula is C24H38IN5O3. The molecule has 2 N–H and O–H groups in total. The zero-order valence-electron chi connectivity index (χ0n) is 20.4. The molecule has 1 fully saturated rings. The molecule has 3 rings (SSSR count). The maximum absolute atomic E-state index is 6.22. The molecule has 1 atom stereocenters. The van der Waals surface area contributed by atoms with Gasteiger partial charge in [0.25, 0.3) is 0 Å². The average molecular weight is 572 g/mol. The molecule has 2 heterocycles. The lowest BCUT2D eigenvalue weighted by Gasteiger charge is -2.16. The number of hydrogen-bond acceptors (Lipinski definition) is 5. The Morgan fingerprint density at radius 1 is 1.27 bits per heavy atom. The van der Waals surface area contributed by atoms with Crippen LogP contribution in [-0.2, 0) is 29.1 Å². The summed E-state index contributed by atoms with van der Waals surface area (Å²) in [6.45, 7) is 13.1. The molecule has 1 unspecified atom stereocenters. The van der Waals surface area contributed by atoms with Crippen molar-refractivity contribution in [2.24, 2.45) is 4.99 Å². The molecule has 1 saturated heterocycles. The lowest BCUT2D eigenvalue weighted by Crippen LogP contribution is -2.37. The third-order valence-electron chi connectivity index (χ3n) is 5.63. The van der Waals surface area contributed by atoms with Gasteiger partial charge < -0.3 is 24.8 Å². The van der Waals surface area contributed by atoms with Gasteiger partial charge in [-0.3, -0.25) is 4.68 Å². The summed E-state index contributed by atoms with van der Waals surface area (Å²) < 4.78 is 18.9. The summed E-state index contributed by atoms with van der Waals surface area (Å²) in [5.74, 6) is 1.66. The van der Waals surface area contributed by atoms with E-state index in [1.165, 1.54) is 11.1 Å². The Bertz CT molecular complexity index is 910. The van der Waals surface area contributed by atoms with Crippen LogP contribution in [-0.4, -0.2) is 55.3 Å². The predicted octanol–water partition coefficient (Wildman–Crippen LogP) is 3.50. The van der Waals surface area contributed by atoms with Gasteiger partial charge in [-0.25, -0.2) is 4.99 Å². The Kier molecular flexibility index (Phi) is 11.4. The topological polar surface area (TPSA) is 81.9 Å². The van der Waals surface area contributed by atoms with Crippen molar-refractivity contribution in [3.05, 3.63) is 46.3 Å². The number of aryl methyl sites for hydroxylation is 2. The van der Waals surface area contributed by atoms with Crippen LogP contribution in [0, 0.1) is 20.8 Å². The summed E-state index contributed by atoms with van der Waals surface area (Å²) in [7, 11) is 1.71. The lowest BCUT2D eigenvalue weighted by molar-refractivity contribution is 0.140. The summed E-state index contributed by atoms with van der Waals surface area (Å²) in [6, 6.07) is 6.29. The van der Waals surface area contributed by atoms with Crippen LogP contribution in [0.15, 0.2) is 23.2 Å². The SMILES string of the molecule is CCNC(=NCc1ccc(C)cc1OC1CCOC1)NCc1c(C)nn(CCOC)c1C.I. The van der Waals surface area contributed by atoms with Gasteiger partial charge in [0.15, 0.2) is 5.96 Å². The van der Waals surface area contributed by atoms with Gasteiger partial charge in [-0.2, -0.15) is 5.10 Å². The van der Waals surface area contributed by atoms with Gasteiger partial charge in [0, 0.05) is 43.4 Å². The Labute approximate surface area is 214 Å². The molecule has 1 aromatic heterocycles. The van der Waals surface area contributed by atoms with Gasteiger partial charge in [-0.1, -0.05) is 12.1 Å². The second-order valence-electron chi connectivity index (χ2n) is 8.13. The second-order valence-corrected chi connectivity index (χ2v) is 8.13. The molecule has 0 amide bonds. The first-order valence-electron chi connectivity index (χ1n) is 11.4. The van der Waals surface area contributed by atoms with E-state index in [0.717, 1.165) is 54.8 Å². The maximum Gasteiger partial charge on any atom is 0.191 e. The molecule has 1 aromatic carbocycles. The number of nitrogens with zero attached hydrogens (tertiary/aromatic N) is 3. The second kappa shape index (κ2) is 13.8. The van der Waals surface area contributed by atoms with E-state index < -0.39 is 0 Å². The number of benzene rings is 1. The highest BCUT2D eigenvalue weighted by atomic mass is 127. The van der Waals surface area contributed by atoms with Crippen LogP contribution in [0.25, 0.3) is 0 Å². The fourth-order valence-electron chi connectivity index (χ4n) is 3.75. The molecular weight excluding hydrogens is 533 g/mol. The number of hydrogen-bond donors (Lipinski definition) is 2. The summed E-state index contributed by atoms with van der Waals surface area (Å²) in [4.78, 5) is 4.82. The summed E-state index contributed by atoms with van der Waals surface area (Å²) in [5.41, 5.74) is 5.60. The molecule has 184 valence electrons. The van der Waals surface area contributed by atoms with Crippen LogP contribution in [0.4, 0.5) is 0 Å². The average Bonchev–Trinajstić information content (AvgIpc) is 3.37. The molecule has 33 heavy (non-hydrogen) atoms.